The number of piperidine rings is 1. The third-order valence-corrected chi connectivity index (χ3v) is 7.62. The summed E-state index contributed by atoms with van der Waals surface area (Å²) in [4.78, 5) is 12.6. The molecule has 1 fully saturated rings. The lowest BCUT2D eigenvalue weighted by atomic mass is 9.97. The summed E-state index contributed by atoms with van der Waals surface area (Å²) in [7, 11) is -3.41. The number of carbonyl (C=O) groups is 1. The predicted octanol–water partition coefficient (Wildman–Crippen LogP) is 4.86. The fraction of sp³-hybridized carbons (Fsp3) is 0.435. The second-order valence-electron chi connectivity index (χ2n) is 7.85. The highest BCUT2D eigenvalue weighted by molar-refractivity contribution is 7.88. The number of anilines is 1. The molecule has 0 atom stereocenters. The van der Waals surface area contributed by atoms with Crippen molar-refractivity contribution in [2.75, 3.05) is 18.4 Å². The van der Waals surface area contributed by atoms with Gasteiger partial charge in [-0.3, -0.25) is 4.79 Å². The molecule has 0 aromatic heterocycles. The van der Waals surface area contributed by atoms with Crippen LogP contribution in [0.2, 0.25) is 5.02 Å². The largest absolute Gasteiger partial charge is 0.326 e. The van der Waals surface area contributed by atoms with E-state index in [9.17, 15) is 13.2 Å². The number of nitrogens with zero attached hydrogens (tertiary/aromatic N) is 1. The van der Waals surface area contributed by atoms with Gasteiger partial charge in [0.05, 0.1) is 5.75 Å². The molecule has 1 heterocycles. The number of hydrogen-bond acceptors (Lipinski definition) is 3. The van der Waals surface area contributed by atoms with Gasteiger partial charge in [-0.05, 0) is 61.1 Å². The van der Waals surface area contributed by atoms with E-state index >= 15 is 0 Å². The summed E-state index contributed by atoms with van der Waals surface area (Å²) in [6.45, 7) is 2.90. The van der Waals surface area contributed by atoms with E-state index < -0.39 is 10.0 Å². The summed E-state index contributed by atoms with van der Waals surface area (Å²) in [6.07, 6.45) is 4.42. The molecule has 1 aliphatic heterocycles. The molecule has 1 N–H and O–H groups in total. The maximum atomic E-state index is 12.7. The third-order valence-electron chi connectivity index (χ3n) is 5.52. The first-order valence-corrected chi connectivity index (χ1v) is 12.5. The Kier molecular flexibility index (Phi) is 7.92. The van der Waals surface area contributed by atoms with Crippen molar-refractivity contribution in [3.63, 3.8) is 0 Å². The minimum atomic E-state index is -3.41. The molecule has 0 unspecified atom stereocenters. The van der Waals surface area contributed by atoms with E-state index in [1.54, 1.807) is 24.3 Å². The van der Waals surface area contributed by atoms with Crippen LogP contribution in [0.25, 0.3) is 0 Å². The van der Waals surface area contributed by atoms with E-state index in [0.717, 1.165) is 24.9 Å². The lowest BCUT2D eigenvalue weighted by Crippen LogP contribution is -2.41. The molecular formula is C23H29ClN2O3S. The number of sulfonamides is 1. The number of halogens is 1. The van der Waals surface area contributed by atoms with Crippen molar-refractivity contribution in [3.8, 4) is 0 Å². The maximum Gasteiger partial charge on any atom is 0.227 e. The van der Waals surface area contributed by atoms with Crippen molar-refractivity contribution in [1.82, 2.24) is 4.31 Å². The number of rotatable bonds is 8. The second kappa shape index (κ2) is 10.4. The summed E-state index contributed by atoms with van der Waals surface area (Å²) >= 11 is 5.87. The van der Waals surface area contributed by atoms with Gasteiger partial charge in [-0.25, -0.2) is 12.7 Å². The maximum absolute atomic E-state index is 12.7. The van der Waals surface area contributed by atoms with Gasteiger partial charge in [0.2, 0.25) is 15.9 Å². The van der Waals surface area contributed by atoms with E-state index in [2.05, 4.69) is 24.4 Å². The predicted molar refractivity (Wildman–Crippen MR) is 122 cm³/mol. The van der Waals surface area contributed by atoms with Gasteiger partial charge < -0.3 is 5.32 Å². The average Bonchev–Trinajstić information content (AvgIpc) is 2.75. The van der Waals surface area contributed by atoms with Crippen LogP contribution in [0.15, 0.2) is 48.5 Å². The van der Waals surface area contributed by atoms with E-state index in [4.69, 9.17) is 11.6 Å². The Balaban J connectivity index is 1.50. The van der Waals surface area contributed by atoms with E-state index in [1.807, 2.05) is 12.1 Å². The van der Waals surface area contributed by atoms with E-state index in [1.165, 1.54) is 9.87 Å². The first-order chi connectivity index (χ1) is 14.4. The van der Waals surface area contributed by atoms with Crippen molar-refractivity contribution in [3.05, 3.63) is 64.7 Å². The van der Waals surface area contributed by atoms with E-state index in [-0.39, 0.29) is 17.6 Å². The van der Waals surface area contributed by atoms with Crippen molar-refractivity contribution in [1.29, 1.82) is 0 Å². The van der Waals surface area contributed by atoms with Crippen molar-refractivity contribution in [2.45, 2.75) is 44.8 Å². The number of unbranched alkanes of at least 4 members (excludes halogenated alkanes) is 1. The Hall–Kier alpha value is -1.89. The lowest BCUT2D eigenvalue weighted by Gasteiger charge is -2.30. The fourth-order valence-electron chi connectivity index (χ4n) is 3.66. The Morgan fingerprint density at radius 2 is 1.63 bits per heavy atom. The molecule has 3 rings (SSSR count). The Bertz CT molecular complexity index is 935. The molecule has 162 valence electrons. The van der Waals surface area contributed by atoms with Crippen molar-refractivity contribution >= 4 is 33.2 Å². The molecule has 7 heteroatoms. The summed E-state index contributed by atoms with van der Waals surface area (Å²) in [5.74, 6) is -0.261. The highest BCUT2D eigenvalue weighted by Gasteiger charge is 2.31. The highest BCUT2D eigenvalue weighted by atomic mass is 35.5. The van der Waals surface area contributed by atoms with Crippen LogP contribution < -0.4 is 5.32 Å². The second-order valence-corrected chi connectivity index (χ2v) is 10.3. The molecule has 0 radical (unpaired) electrons. The molecular weight excluding hydrogens is 420 g/mol. The van der Waals surface area contributed by atoms with Crippen molar-refractivity contribution < 1.29 is 13.2 Å². The number of carbonyl (C=O) groups excluding carboxylic acids is 1. The molecule has 0 spiro atoms. The quantitative estimate of drug-likeness (QED) is 0.626. The smallest absolute Gasteiger partial charge is 0.227 e. The molecule has 1 saturated heterocycles. The third kappa shape index (κ3) is 6.30. The fourth-order valence-corrected chi connectivity index (χ4v) is 5.35. The number of hydrogen-bond donors (Lipinski definition) is 1. The molecule has 1 aliphatic rings. The van der Waals surface area contributed by atoms with Gasteiger partial charge >= 0.3 is 0 Å². The zero-order valence-electron chi connectivity index (χ0n) is 17.3. The highest BCUT2D eigenvalue weighted by Crippen LogP contribution is 2.24. The molecule has 1 amide bonds. The van der Waals surface area contributed by atoms with Gasteiger partial charge in [0.1, 0.15) is 0 Å². The summed E-state index contributed by atoms with van der Waals surface area (Å²) in [5.41, 5.74) is 2.77. The molecule has 0 bridgehead atoms. The summed E-state index contributed by atoms with van der Waals surface area (Å²) < 4.78 is 26.9. The first-order valence-electron chi connectivity index (χ1n) is 10.5. The van der Waals surface area contributed by atoms with Gasteiger partial charge in [-0.15, -0.1) is 0 Å². The van der Waals surface area contributed by atoms with Gasteiger partial charge in [0, 0.05) is 29.7 Å². The van der Waals surface area contributed by atoms with Gasteiger partial charge in [0.25, 0.3) is 0 Å². The van der Waals surface area contributed by atoms with Crippen molar-refractivity contribution in [2.24, 2.45) is 5.92 Å². The number of amides is 1. The molecule has 30 heavy (non-hydrogen) atoms. The van der Waals surface area contributed by atoms with Gasteiger partial charge in [0.15, 0.2) is 0 Å². The minimum absolute atomic E-state index is 0.0361. The number of benzene rings is 2. The van der Waals surface area contributed by atoms with Crippen LogP contribution in [0, 0.1) is 5.92 Å². The molecule has 2 aromatic carbocycles. The number of aryl methyl sites for hydroxylation is 1. The molecule has 5 nitrogen and oxygen atoms in total. The zero-order chi connectivity index (χ0) is 21.6. The van der Waals surface area contributed by atoms with E-state index in [0.29, 0.717) is 36.5 Å². The van der Waals surface area contributed by atoms with Gasteiger partial charge in [-0.2, -0.15) is 0 Å². The van der Waals surface area contributed by atoms with Crippen LogP contribution in [0.1, 0.15) is 43.7 Å². The average molecular weight is 449 g/mol. The Morgan fingerprint density at radius 1 is 1.03 bits per heavy atom. The summed E-state index contributed by atoms with van der Waals surface area (Å²) in [5, 5.41) is 3.56. The van der Waals surface area contributed by atoms with Crippen LogP contribution >= 0.6 is 11.6 Å². The number of nitrogens with one attached hydrogen (secondary N) is 1. The summed E-state index contributed by atoms with van der Waals surface area (Å²) in [6, 6.07) is 14.8. The lowest BCUT2D eigenvalue weighted by molar-refractivity contribution is -0.120. The SMILES string of the molecule is CCCCc1ccc(NC(=O)C2CCN(S(=O)(=O)Cc3ccc(Cl)cc3)CC2)cc1. The topological polar surface area (TPSA) is 66.5 Å². The van der Waals surface area contributed by atoms with Crippen LogP contribution in [-0.4, -0.2) is 31.7 Å². The van der Waals surface area contributed by atoms with Crippen LogP contribution in [0.5, 0.6) is 0 Å². The Labute approximate surface area is 184 Å². The Morgan fingerprint density at radius 3 is 2.23 bits per heavy atom. The first kappa shape index (κ1) is 22.8. The molecule has 2 aromatic rings. The van der Waals surface area contributed by atoms with Gasteiger partial charge in [-0.1, -0.05) is 49.2 Å². The standard InChI is InChI=1S/C23H29ClN2O3S/c1-2-3-4-18-7-11-22(12-8-18)25-23(27)20-13-15-26(16-14-20)30(28,29)17-19-5-9-21(24)10-6-19/h5-12,20H,2-4,13-17H2,1H3,(H,25,27). The normalized spacial score (nSPS) is 15.8. The van der Waals surface area contributed by atoms with Crippen LogP contribution in [0.3, 0.4) is 0 Å². The monoisotopic (exact) mass is 448 g/mol. The van der Waals surface area contributed by atoms with Crippen LogP contribution in [-0.2, 0) is 27.0 Å². The zero-order valence-corrected chi connectivity index (χ0v) is 18.9. The molecule has 0 saturated carbocycles. The van der Waals surface area contributed by atoms with Crippen LogP contribution in [0.4, 0.5) is 5.69 Å². The minimum Gasteiger partial charge on any atom is -0.326 e. The molecule has 0 aliphatic carbocycles.